The molecule has 0 aromatic carbocycles. The Balaban J connectivity index is 1.95. The lowest BCUT2D eigenvalue weighted by Gasteiger charge is -1.95. The first-order valence-corrected chi connectivity index (χ1v) is 7.14. The lowest BCUT2D eigenvalue weighted by atomic mass is 10.2. The van der Waals surface area contributed by atoms with E-state index >= 15 is 0 Å². The van der Waals surface area contributed by atoms with Gasteiger partial charge >= 0.3 is 0 Å². The zero-order valence-corrected chi connectivity index (χ0v) is 12.1. The largest absolute Gasteiger partial charge is 0.275 e. The van der Waals surface area contributed by atoms with E-state index in [-0.39, 0.29) is 0 Å². The molecule has 20 heavy (non-hydrogen) atoms. The highest BCUT2D eigenvalue weighted by molar-refractivity contribution is 7.13. The fourth-order valence-electron chi connectivity index (χ4n) is 1.97. The number of rotatable bonds is 3. The number of aromatic nitrogens is 4. The van der Waals surface area contributed by atoms with E-state index in [9.17, 15) is 0 Å². The van der Waals surface area contributed by atoms with E-state index < -0.39 is 0 Å². The van der Waals surface area contributed by atoms with Crippen molar-refractivity contribution in [3.05, 3.63) is 53.1 Å². The Labute approximate surface area is 121 Å². The molecule has 4 nitrogen and oxygen atoms in total. The Hall–Kier alpha value is -2.27. The van der Waals surface area contributed by atoms with Crippen molar-refractivity contribution in [3.8, 4) is 10.6 Å². The molecular weight excluding hydrogens is 268 g/mol. The van der Waals surface area contributed by atoms with Crippen molar-refractivity contribution in [2.24, 2.45) is 7.05 Å². The first-order chi connectivity index (χ1) is 9.72. The Morgan fingerprint density at radius 1 is 1.25 bits per heavy atom. The molecule has 100 valence electrons. The SMILES string of the molecule is Cc1cncc(C=Cc2cn(C)nc2-c2cccs2)n1. The van der Waals surface area contributed by atoms with Gasteiger partial charge in [-0.25, -0.2) is 0 Å². The Kier molecular flexibility index (Phi) is 3.43. The van der Waals surface area contributed by atoms with E-state index in [1.165, 1.54) is 4.88 Å². The van der Waals surface area contributed by atoms with Gasteiger partial charge in [-0.05, 0) is 30.5 Å². The van der Waals surface area contributed by atoms with E-state index in [1.54, 1.807) is 23.7 Å². The van der Waals surface area contributed by atoms with Crippen molar-refractivity contribution in [2.45, 2.75) is 6.92 Å². The number of nitrogens with zero attached hydrogens (tertiary/aromatic N) is 4. The second-order valence-corrected chi connectivity index (χ2v) is 5.45. The van der Waals surface area contributed by atoms with Crippen LogP contribution in [-0.4, -0.2) is 19.7 Å². The average molecular weight is 282 g/mol. The molecule has 5 heteroatoms. The molecule has 0 fully saturated rings. The molecule has 0 saturated carbocycles. The zero-order chi connectivity index (χ0) is 13.9. The third-order valence-electron chi connectivity index (χ3n) is 2.82. The summed E-state index contributed by atoms with van der Waals surface area (Å²) in [4.78, 5) is 9.72. The van der Waals surface area contributed by atoms with Crippen LogP contribution in [-0.2, 0) is 7.05 Å². The molecule has 0 spiro atoms. The van der Waals surface area contributed by atoms with Crippen molar-refractivity contribution in [1.29, 1.82) is 0 Å². The molecule has 3 aromatic rings. The Bertz CT molecular complexity index is 741. The van der Waals surface area contributed by atoms with Gasteiger partial charge in [0, 0.05) is 25.0 Å². The smallest absolute Gasteiger partial charge is 0.109 e. The van der Waals surface area contributed by atoms with Gasteiger partial charge in [0.2, 0.25) is 0 Å². The summed E-state index contributed by atoms with van der Waals surface area (Å²) in [5.41, 5.74) is 3.85. The maximum Gasteiger partial charge on any atom is 0.109 e. The molecule has 0 aliphatic heterocycles. The lowest BCUT2D eigenvalue weighted by molar-refractivity contribution is 0.771. The van der Waals surface area contributed by atoms with E-state index in [4.69, 9.17) is 0 Å². The van der Waals surface area contributed by atoms with Gasteiger partial charge in [0.25, 0.3) is 0 Å². The van der Waals surface area contributed by atoms with Gasteiger partial charge in [0.1, 0.15) is 5.69 Å². The quantitative estimate of drug-likeness (QED) is 0.739. The van der Waals surface area contributed by atoms with Crippen molar-refractivity contribution < 1.29 is 0 Å². The van der Waals surface area contributed by atoms with Crippen LogP contribution in [0.3, 0.4) is 0 Å². The summed E-state index contributed by atoms with van der Waals surface area (Å²) >= 11 is 1.69. The second-order valence-electron chi connectivity index (χ2n) is 4.50. The van der Waals surface area contributed by atoms with Crippen LogP contribution < -0.4 is 0 Å². The first-order valence-electron chi connectivity index (χ1n) is 6.26. The summed E-state index contributed by atoms with van der Waals surface area (Å²) in [7, 11) is 1.93. The molecular formula is C15H14N4S. The minimum Gasteiger partial charge on any atom is -0.275 e. The minimum atomic E-state index is 0.853. The third-order valence-corrected chi connectivity index (χ3v) is 3.70. The maximum absolute atomic E-state index is 4.52. The molecule has 3 heterocycles. The zero-order valence-electron chi connectivity index (χ0n) is 11.3. The van der Waals surface area contributed by atoms with Crippen LogP contribution in [0, 0.1) is 6.92 Å². The highest BCUT2D eigenvalue weighted by Crippen LogP contribution is 2.27. The standard InChI is InChI=1S/C15H14N4S/c1-11-8-16-9-13(17-11)6-5-12-10-19(2)18-15(12)14-4-3-7-20-14/h3-10H,1-2H3. The van der Waals surface area contributed by atoms with Gasteiger partial charge in [-0.2, -0.15) is 5.10 Å². The number of hydrogen-bond donors (Lipinski definition) is 0. The van der Waals surface area contributed by atoms with Gasteiger partial charge < -0.3 is 0 Å². The fourth-order valence-corrected chi connectivity index (χ4v) is 2.70. The van der Waals surface area contributed by atoms with Crippen LogP contribution >= 0.6 is 11.3 Å². The summed E-state index contributed by atoms with van der Waals surface area (Å²) in [6, 6.07) is 4.12. The predicted molar refractivity (Wildman–Crippen MR) is 82.2 cm³/mol. The second kappa shape index (κ2) is 5.38. The van der Waals surface area contributed by atoms with E-state index in [0.29, 0.717) is 0 Å². The number of aryl methyl sites for hydroxylation is 2. The molecule has 0 bridgehead atoms. The van der Waals surface area contributed by atoms with Crippen LogP contribution in [0.2, 0.25) is 0 Å². The van der Waals surface area contributed by atoms with Crippen molar-refractivity contribution in [3.63, 3.8) is 0 Å². The summed E-state index contributed by atoms with van der Waals surface area (Å²) in [5.74, 6) is 0. The average Bonchev–Trinajstić information content (AvgIpc) is 3.05. The summed E-state index contributed by atoms with van der Waals surface area (Å²) in [5, 5.41) is 6.58. The molecule has 0 aliphatic rings. The summed E-state index contributed by atoms with van der Waals surface area (Å²) < 4.78 is 1.83. The van der Waals surface area contributed by atoms with Crippen molar-refractivity contribution in [2.75, 3.05) is 0 Å². The minimum absolute atomic E-state index is 0.853. The van der Waals surface area contributed by atoms with Crippen LogP contribution in [0.15, 0.2) is 36.1 Å². The molecule has 3 rings (SSSR count). The van der Waals surface area contributed by atoms with Crippen LogP contribution in [0.4, 0.5) is 0 Å². The molecule has 0 unspecified atom stereocenters. The van der Waals surface area contributed by atoms with Gasteiger partial charge in [-0.1, -0.05) is 6.07 Å². The van der Waals surface area contributed by atoms with E-state index in [0.717, 1.165) is 22.6 Å². The van der Waals surface area contributed by atoms with Crippen molar-refractivity contribution in [1.82, 2.24) is 19.7 Å². The van der Waals surface area contributed by atoms with Crippen LogP contribution in [0.25, 0.3) is 22.7 Å². The van der Waals surface area contributed by atoms with Crippen LogP contribution in [0.1, 0.15) is 17.0 Å². The number of hydrogen-bond acceptors (Lipinski definition) is 4. The molecule has 0 N–H and O–H groups in total. The summed E-state index contributed by atoms with van der Waals surface area (Å²) in [6.07, 6.45) is 9.51. The van der Waals surface area contributed by atoms with Gasteiger partial charge in [-0.15, -0.1) is 11.3 Å². The lowest BCUT2D eigenvalue weighted by Crippen LogP contribution is -1.86. The molecule has 0 atom stereocenters. The van der Waals surface area contributed by atoms with E-state index in [2.05, 4.69) is 26.5 Å². The number of thiophene rings is 1. The molecule has 0 aliphatic carbocycles. The Morgan fingerprint density at radius 3 is 2.90 bits per heavy atom. The van der Waals surface area contributed by atoms with Crippen LogP contribution in [0.5, 0.6) is 0 Å². The third kappa shape index (κ3) is 2.67. The normalized spacial score (nSPS) is 11.3. The highest BCUT2D eigenvalue weighted by Gasteiger charge is 2.08. The maximum atomic E-state index is 4.52. The van der Waals surface area contributed by atoms with Gasteiger partial charge in [-0.3, -0.25) is 14.6 Å². The first kappa shape index (κ1) is 12.7. The van der Waals surface area contributed by atoms with E-state index in [1.807, 2.05) is 43.1 Å². The molecule has 0 radical (unpaired) electrons. The summed E-state index contributed by atoms with van der Waals surface area (Å²) in [6.45, 7) is 1.94. The Morgan fingerprint density at radius 2 is 2.15 bits per heavy atom. The fraction of sp³-hybridized carbons (Fsp3) is 0.133. The molecule has 0 amide bonds. The monoisotopic (exact) mass is 282 g/mol. The predicted octanol–water partition coefficient (Wildman–Crippen LogP) is 3.42. The molecule has 0 saturated heterocycles. The van der Waals surface area contributed by atoms with Gasteiger partial charge in [0.05, 0.1) is 22.5 Å². The highest BCUT2D eigenvalue weighted by atomic mass is 32.1. The van der Waals surface area contributed by atoms with Crippen molar-refractivity contribution >= 4 is 23.5 Å². The van der Waals surface area contributed by atoms with Gasteiger partial charge in [0.15, 0.2) is 0 Å². The topological polar surface area (TPSA) is 43.6 Å². The molecule has 3 aromatic heterocycles.